The molecule has 3 N–H and O–H groups in total. The molecule has 0 radical (unpaired) electrons. The zero-order valence-electron chi connectivity index (χ0n) is 7.76. The summed E-state index contributed by atoms with van der Waals surface area (Å²) < 4.78 is 7.30. The molecule has 3 nitrogen and oxygen atoms in total. The Morgan fingerprint density at radius 3 is 2.93 bits per heavy atom. The molecule has 14 heavy (non-hydrogen) atoms. The van der Waals surface area contributed by atoms with Gasteiger partial charge in [-0.15, -0.1) is 0 Å². The van der Waals surface area contributed by atoms with Crippen LogP contribution < -0.4 is 11.3 Å². The number of rotatable bonds is 4. The van der Waals surface area contributed by atoms with Crippen LogP contribution in [-0.2, 0) is 4.74 Å². The van der Waals surface area contributed by atoms with Crippen molar-refractivity contribution in [2.24, 2.45) is 5.84 Å². The highest BCUT2D eigenvalue weighted by Gasteiger charge is 2.12. The molecule has 1 aromatic rings. The summed E-state index contributed by atoms with van der Waals surface area (Å²) in [7, 11) is 1.66. The van der Waals surface area contributed by atoms with Gasteiger partial charge in [0.25, 0.3) is 0 Å². The van der Waals surface area contributed by atoms with E-state index in [9.17, 15) is 0 Å². The van der Waals surface area contributed by atoms with Gasteiger partial charge in [-0.25, -0.2) is 0 Å². The minimum absolute atomic E-state index is 0.0319. The molecule has 1 aromatic carbocycles. The molecule has 0 heterocycles. The average molecular weight is 371 g/mol. The van der Waals surface area contributed by atoms with Gasteiger partial charge >= 0.3 is 0 Å². The molecule has 0 aromatic heterocycles. The first kappa shape index (κ1) is 12.4. The topological polar surface area (TPSA) is 47.3 Å². The Morgan fingerprint density at radius 2 is 2.36 bits per heavy atom. The number of hydrazine groups is 1. The fourth-order valence-corrected chi connectivity index (χ4v) is 2.27. The first-order valence-electron chi connectivity index (χ1n) is 4.09. The molecule has 0 fully saturated rings. The van der Waals surface area contributed by atoms with Crippen LogP contribution in [0.2, 0.25) is 0 Å². The number of methoxy groups -OCH3 is 1. The first-order valence-corrected chi connectivity index (χ1v) is 5.96. The zero-order valence-corrected chi connectivity index (χ0v) is 11.5. The summed E-state index contributed by atoms with van der Waals surface area (Å²) in [6.45, 7) is 0.558. The largest absolute Gasteiger partial charge is 0.383 e. The van der Waals surface area contributed by atoms with Crippen LogP contribution in [0.25, 0.3) is 0 Å². The summed E-state index contributed by atoms with van der Waals surface area (Å²) in [5, 5.41) is 0. The molecule has 0 amide bonds. The first-order chi connectivity index (χ1) is 6.69. The smallest absolute Gasteiger partial charge is 0.0704 e. The highest BCUT2D eigenvalue weighted by Crippen LogP contribution is 2.23. The normalized spacial score (nSPS) is 12.9. The van der Waals surface area contributed by atoms with Crippen molar-refractivity contribution in [1.29, 1.82) is 0 Å². The van der Waals surface area contributed by atoms with E-state index in [0.717, 1.165) is 10.0 Å². The minimum atomic E-state index is 0.0319. The standard InChI is InChI=1S/C9H12BrIN2O/c1-14-5-9(13-12)7-4-6(10)2-3-8(7)11/h2-4,9,13H,5,12H2,1H3. The number of benzene rings is 1. The molecule has 78 valence electrons. The molecule has 1 unspecified atom stereocenters. The van der Waals surface area contributed by atoms with E-state index in [2.05, 4.69) is 43.9 Å². The predicted octanol–water partition coefficient (Wildman–Crippen LogP) is 2.20. The third kappa shape index (κ3) is 3.16. The quantitative estimate of drug-likeness (QED) is 0.485. The number of ether oxygens (including phenoxy) is 1. The second kappa shape index (κ2) is 6.02. The maximum absolute atomic E-state index is 5.46. The van der Waals surface area contributed by atoms with Crippen LogP contribution in [0.15, 0.2) is 22.7 Å². The lowest BCUT2D eigenvalue weighted by Crippen LogP contribution is -2.31. The highest BCUT2D eigenvalue weighted by atomic mass is 127. The van der Waals surface area contributed by atoms with Crippen LogP contribution >= 0.6 is 38.5 Å². The summed E-state index contributed by atoms with van der Waals surface area (Å²) in [5.41, 5.74) is 3.88. The Hall–Kier alpha value is 0.310. The minimum Gasteiger partial charge on any atom is -0.383 e. The molecule has 1 rings (SSSR count). The van der Waals surface area contributed by atoms with E-state index in [-0.39, 0.29) is 6.04 Å². The summed E-state index contributed by atoms with van der Waals surface area (Å²) in [5.74, 6) is 5.46. The summed E-state index contributed by atoms with van der Waals surface area (Å²) in [6.07, 6.45) is 0. The fourth-order valence-electron chi connectivity index (χ4n) is 1.18. The molecule has 0 aliphatic carbocycles. The number of nitrogens with two attached hydrogens (primary N) is 1. The van der Waals surface area contributed by atoms with Crippen molar-refractivity contribution in [2.45, 2.75) is 6.04 Å². The Morgan fingerprint density at radius 1 is 1.64 bits per heavy atom. The predicted molar refractivity (Wildman–Crippen MR) is 68.8 cm³/mol. The van der Waals surface area contributed by atoms with Crippen LogP contribution in [0.4, 0.5) is 0 Å². The molecule has 5 heteroatoms. The molecule has 1 atom stereocenters. The van der Waals surface area contributed by atoms with Gasteiger partial charge in [0.2, 0.25) is 0 Å². The van der Waals surface area contributed by atoms with E-state index in [4.69, 9.17) is 10.6 Å². The van der Waals surface area contributed by atoms with Crippen LogP contribution in [0.3, 0.4) is 0 Å². The van der Waals surface area contributed by atoms with E-state index in [0.29, 0.717) is 6.61 Å². The van der Waals surface area contributed by atoms with Crippen LogP contribution in [0.5, 0.6) is 0 Å². The van der Waals surface area contributed by atoms with Crippen molar-refractivity contribution in [3.63, 3.8) is 0 Å². The van der Waals surface area contributed by atoms with Gasteiger partial charge in [-0.2, -0.15) is 0 Å². The Balaban J connectivity index is 2.96. The van der Waals surface area contributed by atoms with Crippen molar-refractivity contribution in [3.05, 3.63) is 31.8 Å². The summed E-state index contributed by atoms with van der Waals surface area (Å²) in [6, 6.07) is 6.13. The highest BCUT2D eigenvalue weighted by molar-refractivity contribution is 14.1. The maximum atomic E-state index is 5.46. The lowest BCUT2D eigenvalue weighted by Gasteiger charge is -2.17. The van der Waals surface area contributed by atoms with E-state index < -0.39 is 0 Å². The molecular weight excluding hydrogens is 359 g/mol. The SMILES string of the molecule is COCC(NN)c1cc(Br)ccc1I. The zero-order chi connectivity index (χ0) is 10.6. The molecule has 0 spiro atoms. The van der Waals surface area contributed by atoms with Crippen LogP contribution in [0.1, 0.15) is 11.6 Å². The van der Waals surface area contributed by atoms with E-state index in [1.54, 1.807) is 7.11 Å². The fraction of sp³-hybridized carbons (Fsp3) is 0.333. The van der Waals surface area contributed by atoms with Gasteiger partial charge in [0.1, 0.15) is 0 Å². The molecule has 0 saturated heterocycles. The van der Waals surface area contributed by atoms with E-state index in [1.807, 2.05) is 18.2 Å². The molecule has 0 bridgehead atoms. The van der Waals surface area contributed by atoms with E-state index in [1.165, 1.54) is 3.57 Å². The number of hydrogen-bond acceptors (Lipinski definition) is 3. The monoisotopic (exact) mass is 370 g/mol. The van der Waals surface area contributed by atoms with E-state index >= 15 is 0 Å². The van der Waals surface area contributed by atoms with Crippen LogP contribution in [0, 0.1) is 3.57 Å². The van der Waals surface area contributed by atoms with Crippen molar-refractivity contribution in [3.8, 4) is 0 Å². The van der Waals surface area contributed by atoms with Crippen LogP contribution in [-0.4, -0.2) is 13.7 Å². The molecular formula is C9H12BrIN2O. The van der Waals surface area contributed by atoms with Crippen molar-refractivity contribution in [1.82, 2.24) is 5.43 Å². The number of halogens is 2. The van der Waals surface area contributed by atoms with Crippen molar-refractivity contribution in [2.75, 3.05) is 13.7 Å². The van der Waals surface area contributed by atoms with Gasteiger partial charge in [0.15, 0.2) is 0 Å². The number of hydrogen-bond donors (Lipinski definition) is 2. The van der Waals surface area contributed by atoms with Gasteiger partial charge in [-0.05, 0) is 46.4 Å². The molecule has 0 aliphatic heterocycles. The van der Waals surface area contributed by atoms with Crippen molar-refractivity contribution >= 4 is 38.5 Å². The van der Waals surface area contributed by atoms with Gasteiger partial charge in [-0.1, -0.05) is 15.9 Å². The maximum Gasteiger partial charge on any atom is 0.0704 e. The van der Waals surface area contributed by atoms with Gasteiger partial charge in [0, 0.05) is 15.2 Å². The Labute approximate surface area is 106 Å². The third-order valence-corrected chi connectivity index (χ3v) is 3.34. The molecule has 0 saturated carbocycles. The second-order valence-electron chi connectivity index (χ2n) is 2.84. The summed E-state index contributed by atoms with van der Waals surface area (Å²) in [4.78, 5) is 0. The average Bonchev–Trinajstić information content (AvgIpc) is 2.18. The lowest BCUT2D eigenvalue weighted by atomic mass is 10.1. The Kier molecular flexibility index (Phi) is 5.32. The second-order valence-corrected chi connectivity index (χ2v) is 4.92. The van der Waals surface area contributed by atoms with Gasteiger partial charge < -0.3 is 4.74 Å². The summed E-state index contributed by atoms with van der Waals surface area (Å²) >= 11 is 5.72. The lowest BCUT2D eigenvalue weighted by molar-refractivity contribution is 0.167. The van der Waals surface area contributed by atoms with Gasteiger partial charge in [-0.3, -0.25) is 11.3 Å². The Bertz CT molecular complexity index is 309. The third-order valence-electron chi connectivity index (χ3n) is 1.87. The van der Waals surface area contributed by atoms with Crippen molar-refractivity contribution < 1.29 is 4.74 Å². The van der Waals surface area contributed by atoms with Gasteiger partial charge in [0.05, 0.1) is 12.6 Å². The number of nitrogens with one attached hydrogen (secondary N) is 1. The molecule has 0 aliphatic rings.